The van der Waals surface area contributed by atoms with E-state index >= 15 is 0 Å². The molecule has 0 radical (unpaired) electrons. The van der Waals surface area contributed by atoms with Gasteiger partial charge in [0.2, 0.25) is 0 Å². The van der Waals surface area contributed by atoms with Gasteiger partial charge in [0.25, 0.3) is 11.5 Å². The summed E-state index contributed by atoms with van der Waals surface area (Å²) in [5, 5.41) is 0.973. The highest BCUT2D eigenvalue weighted by molar-refractivity contribution is 5.93. The van der Waals surface area contributed by atoms with Crippen LogP contribution in [0.1, 0.15) is 15.9 Å². The Hall–Kier alpha value is -3.19. The number of nitrogens with zero attached hydrogens (tertiary/aromatic N) is 3. The van der Waals surface area contributed by atoms with Crippen molar-refractivity contribution < 1.29 is 9.53 Å². The number of fused-ring (bicyclic) bond motifs is 1. The number of benzene rings is 1. The quantitative estimate of drug-likeness (QED) is 0.750. The molecule has 7 nitrogen and oxygen atoms in total. The van der Waals surface area contributed by atoms with Crippen molar-refractivity contribution in [2.45, 2.75) is 6.54 Å². The van der Waals surface area contributed by atoms with Crippen molar-refractivity contribution >= 4 is 16.8 Å². The van der Waals surface area contributed by atoms with E-state index in [1.54, 1.807) is 31.6 Å². The molecule has 0 unspecified atom stereocenters. The van der Waals surface area contributed by atoms with Crippen LogP contribution in [0.2, 0.25) is 0 Å². The van der Waals surface area contributed by atoms with E-state index in [-0.39, 0.29) is 11.5 Å². The third kappa shape index (κ3) is 3.75. The summed E-state index contributed by atoms with van der Waals surface area (Å²) in [5.74, 6) is 0.718. The molecule has 1 aliphatic rings. The summed E-state index contributed by atoms with van der Waals surface area (Å²) in [4.78, 5) is 36.0. The van der Waals surface area contributed by atoms with E-state index in [4.69, 9.17) is 4.74 Å². The maximum Gasteiger partial charge on any atom is 0.255 e. The van der Waals surface area contributed by atoms with Crippen molar-refractivity contribution in [3.8, 4) is 5.75 Å². The number of pyridine rings is 2. The maximum absolute atomic E-state index is 12.5. The number of aromatic nitrogens is 2. The van der Waals surface area contributed by atoms with Crippen molar-refractivity contribution in [3.63, 3.8) is 0 Å². The van der Waals surface area contributed by atoms with Gasteiger partial charge in [0.15, 0.2) is 0 Å². The van der Waals surface area contributed by atoms with Gasteiger partial charge < -0.3 is 14.6 Å². The number of H-pyrrole nitrogens is 1. The van der Waals surface area contributed by atoms with Gasteiger partial charge in [0.05, 0.1) is 18.2 Å². The minimum atomic E-state index is -0.0883. The Morgan fingerprint density at radius 2 is 2.00 bits per heavy atom. The molecule has 28 heavy (non-hydrogen) atoms. The summed E-state index contributed by atoms with van der Waals surface area (Å²) >= 11 is 0. The zero-order valence-electron chi connectivity index (χ0n) is 15.7. The first-order valence-electron chi connectivity index (χ1n) is 9.25. The van der Waals surface area contributed by atoms with Crippen molar-refractivity contribution in [3.05, 3.63) is 70.3 Å². The van der Waals surface area contributed by atoms with Crippen molar-refractivity contribution in [2.75, 3.05) is 33.3 Å². The second kappa shape index (κ2) is 7.82. The lowest BCUT2D eigenvalue weighted by Gasteiger charge is -2.34. The SMILES string of the molecule is COc1ccc2cc(CN3CCN(C(=O)c4cccnc4)CC3)c(=O)[nH]c2c1. The molecule has 0 spiro atoms. The number of hydrogen-bond donors (Lipinski definition) is 1. The van der Waals surface area contributed by atoms with Gasteiger partial charge >= 0.3 is 0 Å². The molecule has 1 N–H and O–H groups in total. The molecule has 0 saturated carbocycles. The maximum atomic E-state index is 12.5. The predicted octanol–water partition coefficient (Wildman–Crippen LogP) is 1.89. The number of amides is 1. The van der Waals surface area contributed by atoms with Gasteiger partial charge in [-0.25, -0.2) is 0 Å². The van der Waals surface area contributed by atoms with Crippen LogP contribution in [0, 0.1) is 0 Å². The first kappa shape index (κ1) is 18.2. The molecule has 7 heteroatoms. The monoisotopic (exact) mass is 378 g/mol. The zero-order chi connectivity index (χ0) is 19.5. The van der Waals surface area contributed by atoms with Crippen LogP contribution < -0.4 is 10.3 Å². The number of nitrogens with one attached hydrogen (secondary N) is 1. The molecule has 3 heterocycles. The molecule has 0 atom stereocenters. The molecule has 1 aliphatic heterocycles. The molecule has 1 aromatic carbocycles. The number of rotatable bonds is 4. The van der Waals surface area contributed by atoms with E-state index in [0.29, 0.717) is 30.9 Å². The zero-order valence-corrected chi connectivity index (χ0v) is 15.7. The lowest BCUT2D eigenvalue weighted by molar-refractivity contribution is 0.0627. The summed E-state index contributed by atoms with van der Waals surface area (Å²) in [6, 6.07) is 11.1. The van der Waals surface area contributed by atoms with E-state index in [0.717, 1.165) is 29.6 Å². The molecule has 4 rings (SSSR count). The molecule has 1 fully saturated rings. The Morgan fingerprint density at radius 1 is 1.18 bits per heavy atom. The summed E-state index contributed by atoms with van der Waals surface area (Å²) in [5.41, 5.74) is 2.01. The first-order chi connectivity index (χ1) is 13.6. The van der Waals surface area contributed by atoms with E-state index in [1.807, 2.05) is 29.2 Å². The van der Waals surface area contributed by atoms with Crippen LogP contribution in [0.3, 0.4) is 0 Å². The number of carbonyl (C=O) groups is 1. The Morgan fingerprint density at radius 3 is 2.71 bits per heavy atom. The van der Waals surface area contributed by atoms with Crippen LogP contribution in [0.4, 0.5) is 0 Å². The fraction of sp³-hybridized carbons (Fsp3) is 0.286. The Balaban J connectivity index is 1.43. The lowest BCUT2D eigenvalue weighted by atomic mass is 10.1. The number of methoxy groups -OCH3 is 1. The van der Waals surface area contributed by atoms with E-state index in [9.17, 15) is 9.59 Å². The van der Waals surface area contributed by atoms with Gasteiger partial charge in [0, 0.05) is 56.7 Å². The fourth-order valence-electron chi connectivity index (χ4n) is 3.49. The largest absolute Gasteiger partial charge is 0.497 e. The Labute approximate surface area is 162 Å². The topological polar surface area (TPSA) is 78.5 Å². The van der Waals surface area contributed by atoms with Gasteiger partial charge in [-0.2, -0.15) is 0 Å². The minimum Gasteiger partial charge on any atom is -0.497 e. The third-order valence-corrected chi connectivity index (χ3v) is 5.09. The summed E-state index contributed by atoms with van der Waals surface area (Å²) < 4.78 is 5.21. The number of hydrogen-bond acceptors (Lipinski definition) is 5. The summed E-state index contributed by atoms with van der Waals surface area (Å²) in [7, 11) is 1.60. The second-order valence-electron chi connectivity index (χ2n) is 6.89. The van der Waals surface area contributed by atoms with Crippen LogP contribution in [-0.4, -0.2) is 59.0 Å². The number of carbonyl (C=O) groups excluding carboxylic acids is 1. The van der Waals surface area contributed by atoms with Crippen LogP contribution in [-0.2, 0) is 6.54 Å². The molecule has 1 amide bonds. The first-order valence-corrected chi connectivity index (χ1v) is 9.25. The van der Waals surface area contributed by atoms with Crippen molar-refractivity contribution in [1.82, 2.24) is 19.8 Å². The van der Waals surface area contributed by atoms with E-state index < -0.39 is 0 Å². The van der Waals surface area contributed by atoms with Crippen LogP contribution in [0.25, 0.3) is 10.9 Å². The highest BCUT2D eigenvalue weighted by Crippen LogP contribution is 2.19. The Bertz CT molecular complexity index is 1040. The minimum absolute atomic E-state index is 0.00486. The molecular weight excluding hydrogens is 356 g/mol. The van der Waals surface area contributed by atoms with Gasteiger partial charge in [0.1, 0.15) is 5.75 Å². The van der Waals surface area contributed by atoms with Crippen molar-refractivity contribution in [2.24, 2.45) is 0 Å². The van der Waals surface area contributed by atoms with Crippen molar-refractivity contribution in [1.29, 1.82) is 0 Å². The number of piperazine rings is 1. The molecule has 0 bridgehead atoms. The smallest absolute Gasteiger partial charge is 0.255 e. The predicted molar refractivity (Wildman–Crippen MR) is 107 cm³/mol. The number of aromatic amines is 1. The highest BCUT2D eigenvalue weighted by atomic mass is 16.5. The molecular formula is C21H22N4O3. The lowest BCUT2D eigenvalue weighted by Crippen LogP contribution is -2.48. The molecule has 2 aromatic heterocycles. The Kier molecular flexibility index (Phi) is 5.08. The van der Waals surface area contributed by atoms with Crippen LogP contribution >= 0.6 is 0 Å². The van der Waals surface area contributed by atoms with E-state index in [1.165, 1.54) is 0 Å². The van der Waals surface area contributed by atoms with Gasteiger partial charge in [-0.15, -0.1) is 0 Å². The van der Waals surface area contributed by atoms with E-state index in [2.05, 4.69) is 14.9 Å². The molecule has 144 valence electrons. The normalized spacial score (nSPS) is 15.0. The average Bonchev–Trinajstić information content (AvgIpc) is 2.74. The summed E-state index contributed by atoms with van der Waals surface area (Å²) in [6.07, 6.45) is 3.25. The second-order valence-corrected chi connectivity index (χ2v) is 6.89. The number of ether oxygens (including phenoxy) is 1. The van der Waals surface area contributed by atoms with Crippen LogP contribution in [0.15, 0.2) is 53.6 Å². The average molecular weight is 378 g/mol. The highest BCUT2D eigenvalue weighted by Gasteiger charge is 2.22. The molecule has 3 aromatic rings. The van der Waals surface area contributed by atoms with Crippen LogP contribution in [0.5, 0.6) is 5.75 Å². The summed E-state index contributed by atoms with van der Waals surface area (Å²) in [6.45, 7) is 3.29. The molecule has 0 aliphatic carbocycles. The fourth-order valence-corrected chi connectivity index (χ4v) is 3.49. The molecule has 1 saturated heterocycles. The van der Waals surface area contributed by atoms with Gasteiger partial charge in [-0.05, 0) is 35.7 Å². The third-order valence-electron chi connectivity index (χ3n) is 5.09. The van der Waals surface area contributed by atoms with Gasteiger partial charge in [-0.3, -0.25) is 19.5 Å². The van der Waals surface area contributed by atoms with Gasteiger partial charge in [-0.1, -0.05) is 0 Å². The standard InChI is InChI=1S/C21H22N4O3/c1-28-18-5-4-15-11-17(20(26)23-19(15)12-18)14-24-7-9-25(10-8-24)21(27)16-3-2-6-22-13-16/h2-6,11-13H,7-10,14H2,1H3,(H,23,26).